The van der Waals surface area contributed by atoms with Crippen molar-refractivity contribution in [1.29, 1.82) is 0 Å². The summed E-state index contributed by atoms with van der Waals surface area (Å²) in [4.78, 5) is 4.37. The molecular formula is C14H18ClN3O2S. The van der Waals surface area contributed by atoms with Crippen molar-refractivity contribution in [3.8, 4) is 0 Å². The fourth-order valence-electron chi connectivity index (χ4n) is 2.65. The van der Waals surface area contributed by atoms with E-state index in [1.54, 1.807) is 30.6 Å². The Morgan fingerprint density at radius 3 is 2.86 bits per heavy atom. The Morgan fingerprint density at radius 2 is 2.10 bits per heavy atom. The van der Waals surface area contributed by atoms with Crippen molar-refractivity contribution in [2.45, 2.75) is 23.8 Å². The second kappa shape index (κ2) is 6.27. The smallest absolute Gasteiger partial charge is 0.243 e. The average Bonchev–Trinajstić information content (AvgIpc) is 2.46. The van der Waals surface area contributed by atoms with Crippen molar-refractivity contribution in [1.82, 2.24) is 9.29 Å². The van der Waals surface area contributed by atoms with E-state index >= 15 is 0 Å². The number of nitrogens with two attached hydrogens (primary N) is 1. The summed E-state index contributed by atoms with van der Waals surface area (Å²) in [7, 11) is -3.50. The number of halogens is 1. The number of sulfonamides is 1. The first-order valence-electron chi connectivity index (χ1n) is 6.67. The fourth-order valence-corrected chi connectivity index (χ4v) is 4.40. The molecule has 0 amide bonds. The van der Waals surface area contributed by atoms with Gasteiger partial charge in [-0.05, 0) is 25.0 Å². The van der Waals surface area contributed by atoms with Gasteiger partial charge in [0.2, 0.25) is 10.0 Å². The van der Waals surface area contributed by atoms with Crippen molar-refractivity contribution in [2.75, 3.05) is 13.1 Å². The Kier molecular flexibility index (Phi) is 4.83. The molecular weight excluding hydrogens is 310 g/mol. The molecule has 1 aliphatic heterocycles. The Bertz CT molecular complexity index is 731. The van der Waals surface area contributed by atoms with Crippen LogP contribution in [0, 0.1) is 0 Å². The van der Waals surface area contributed by atoms with Crippen LogP contribution >= 0.6 is 12.4 Å². The van der Waals surface area contributed by atoms with E-state index in [1.165, 1.54) is 4.31 Å². The highest BCUT2D eigenvalue weighted by Gasteiger charge is 2.29. The number of aromatic nitrogens is 1. The van der Waals surface area contributed by atoms with E-state index in [1.807, 2.05) is 6.07 Å². The number of benzene rings is 1. The molecule has 0 saturated carbocycles. The van der Waals surface area contributed by atoms with E-state index in [4.69, 9.17) is 5.73 Å². The van der Waals surface area contributed by atoms with Crippen LogP contribution in [0.4, 0.5) is 0 Å². The molecule has 7 heteroatoms. The molecule has 0 bridgehead atoms. The Morgan fingerprint density at radius 1 is 1.29 bits per heavy atom. The van der Waals surface area contributed by atoms with E-state index in [9.17, 15) is 8.42 Å². The van der Waals surface area contributed by atoms with Crippen LogP contribution in [0.5, 0.6) is 0 Å². The van der Waals surface area contributed by atoms with Crippen LogP contribution in [0.15, 0.2) is 41.6 Å². The lowest BCUT2D eigenvalue weighted by molar-refractivity contribution is 0.316. The third-order valence-corrected chi connectivity index (χ3v) is 5.60. The topological polar surface area (TPSA) is 76.3 Å². The molecule has 1 aromatic heterocycles. The van der Waals surface area contributed by atoms with Crippen LogP contribution in [-0.2, 0) is 10.0 Å². The lowest BCUT2D eigenvalue weighted by Gasteiger charge is -2.30. The number of pyridine rings is 1. The number of hydrogen-bond donors (Lipinski definition) is 1. The van der Waals surface area contributed by atoms with E-state index in [0.717, 1.165) is 18.2 Å². The second-order valence-electron chi connectivity index (χ2n) is 5.12. The van der Waals surface area contributed by atoms with Crippen molar-refractivity contribution in [2.24, 2.45) is 5.73 Å². The molecule has 2 N–H and O–H groups in total. The zero-order valence-corrected chi connectivity index (χ0v) is 13.1. The average molecular weight is 328 g/mol. The van der Waals surface area contributed by atoms with Crippen molar-refractivity contribution >= 4 is 33.2 Å². The quantitative estimate of drug-likeness (QED) is 0.912. The molecule has 2 heterocycles. The van der Waals surface area contributed by atoms with Crippen LogP contribution in [0.2, 0.25) is 0 Å². The molecule has 3 rings (SSSR count). The summed E-state index contributed by atoms with van der Waals surface area (Å²) in [6.07, 6.45) is 4.98. The number of hydrogen-bond acceptors (Lipinski definition) is 4. The van der Waals surface area contributed by atoms with Crippen LogP contribution in [0.25, 0.3) is 10.8 Å². The maximum absolute atomic E-state index is 12.8. The Hall–Kier alpha value is -1.21. The molecule has 21 heavy (non-hydrogen) atoms. The van der Waals surface area contributed by atoms with Gasteiger partial charge >= 0.3 is 0 Å². The first-order chi connectivity index (χ1) is 9.59. The standard InChI is InChI=1S/C14H17N3O2S.ClH/c15-12-4-2-8-17(10-12)20(18,19)14-5-1-3-11-9-16-7-6-13(11)14;/h1,3,5-7,9,12H,2,4,8,10,15H2;1H/t12-;/m0./s1. The molecule has 1 saturated heterocycles. The van der Waals surface area contributed by atoms with Gasteiger partial charge in [-0.25, -0.2) is 8.42 Å². The Labute approximate surface area is 130 Å². The SMILES string of the molecule is Cl.N[C@H]1CCCN(S(=O)(=O)c2cccc3cnccc23)C1. The van der Waals surface area contributed by atoms with Crippen LogP contribution in [0.3, 0.4) is 0 Å². The maximum atomic E-state index is 12.8. The van der Waals surface area contributed by atoms with Crippen LogP contribution in [-0.4, -0.2) is 36.8 Å². The number of rotatable bonds is 2. The van der Waals surface area contributed by atoms with Crippen molar-refractivity contribution in [3.05, 3.63) is 36.7 Å². The van der Waals surface area contributed by atoms with Gasteiger partial charge in [-0.15, -0.1) is 12.4 Å². The van der Waals surface area contributed by atoms with Gasteiger partial charge in [-0.2, -0.15) is 4.31 Å². The molecule has 0 aliphatic carbocycles. The lowest BCUT2D eigenvalue weighted by atomic mass is 10.1. The van der Waals surface area contributed by atoms with Gasteiger partial charge in [0.1, 0.15) is 0 Å². The van der Waals surface area contributed by atoms with Gasteiger partial charge in [0.05, 0.1) is 4.90 Å². The molecule has 0 spiro atoms. The first kappa shape index (κ1) is 16.2. The van der Waals surface area contributed by atoms with Crippen LogP contribution < -0.4 is 5.73 Å². The molecule has 0 unspecified atom stereocenters. The van der Waals surface area contributed by atoms with Crippen LogP contribution in [0.1, 0.15) is 12.8 Å². The highest BCUT2D eigenvalue weighted by molar-refractivity contribution is 7.89. The first-order valence-corrected chi connectivity index (χ1v) is 8.11. The molecule has 2 aromatic rings. The predicted molar refractivity (Wildman–Crippen MR) is 85.0 cm³/mol. The molecule has 1 aliphatic rings. The summed E-state index contributed by atoms with van der Waals surface area (Å²) in [5, 5.41) is 1.54. The fraction of sp³-hybridized carbons (Fsp3) is 0.357. The van der Waals surface area contributed by atoms with Gasteiger partial charge in [-0.3, -0.25) is 4.98 Å². The summed E-state index contributed by atoms with van der Waals surface area (Å²) in [6.45, 7) is 0.932. The maximum Gasteiger partial charge on any atom is 0.243 e. The molecule has 0 radical (unpaired) electrons. The van der Waals surface area contributed by atoms with Gasteiger partial charge < -0.3 is 5.73 Å². The minimum atomic E-state index is -3.50. The molecule has 1 atom stereocenters. The van der Waals surface area contributed by atoms with Gasteiger partial charge in [0.25, 0.3) is 0 Å². The highest BCUT2D eigenvalue weighted by atomic mass is 35.5. The highest BCUT2D eigenvalue weighted by Crippen LogP contribution is 2.26. The van der Waals surface area contributed by atoms with Crippen molar-refractivity contribution in [3.63, 3.8) is 0 Å². The summed E-state index contributed by atoms with van der Waals surface area (Å²) >= 11 is 0. The largest absolute Gasteiger partial charge is 0.327 e. The molecule has 1 aromatic carbocycles. The molecule has 1 fully saturated rings. The van der Waals surface area contributed by atoms with E-state index < -0.39 is 10.0 Å². The van der Waals surface area contributed by atoms with E-state index in [0.29, 0.717) is 23.4 Å². The normalized spacial score (nSPS) is 20.1. The zero-order chi connectivity index (χ0) is 14.2. The lowest BCUT2D eigenvalue weighted by Crippen LogP contribution is -2.45. The summed E-state index contributed by atoms with van der Waals surface area (Å²) in [6, 6.07) is 6.93. The zero-order valence-electron chi connectivity index (χ0n) is 11.5. The molecule has 114 valence electrons. The predicted octanol–water partition coefficient (Wildman–Crippen LogP) is 1.77. The van der Waals surface area contributed by atoms with E-state index in [2.05, 4.69) is 4.98 Å². The third kappa shape index (κ3) is 3.03. The second-order valence-corrected chi connectivity index (χ2v) is 7.02. The monoisotopic (exact) mass is 327 g/mol. The summed E-state index contributed by atoms with van der Waals surface area (Å²) in [5.41, 5.74) is 5.90. The minimum absolute atomic E-state index is 0. The number of piperidine rings is 1. The minimum Gasteiger partial charge on any atom is -0.327 e. The van der Waals surface area contributed by atoms with Gasteiger partial charge in [0, 0.05) is 42.3 Å². The Balaban J connectivity index is 0.00000161. The number of fused-ring (bicyclic) bond motifs is 1. The van der Waals surface area contributed by atoms with Gasteiger partial charge in [0.15, 0.2) is 0 Å². The number of nitrogens with zero attached hydrogens (tertiary/aromatic N) is 2. The summed E-state index contributed by atoms with van der Waals surface area (Å²) < 4.78 is 27.1. The van der Waals surface area contributed by atoms with Crippen molar-refractivity contribution < 1.29 is 8.42 Å². The van der Waals surface area contributed by atoms with E-state index in [-0.39, 0.29) is 18.4 Å². The third-order valence-electron chi connectivity index (χ3n) is 3.68. The summed E-state index contributed by atoms with van der Waals surface area (Å²) in [5.74, 6) is 0. The molecule has 5 nitrogen and oxygen atoms in total. The van der Waals surface area contributed by atoms with Gasteiger partial charge in [-0.1, -0.05) is 12.1 Å².